The van der Waals surface area contributed by atoms with Gasteiger partial charge in [-0.2, -0.15) is 15.2 Å². The molecular formula is C35H43N7O2. The Hall–Kier alpha value is -4.16. The van der Waals surface area contributed by atoms with Crippen LogP contribution >= 0.6 is 0 Å². The fourth-order valence-corrected chi connectivity index (χ4v) is 7.23. The molecule has 1 aliphatic carbocycles. The number of carbonyl (C=O) groups is 1. The van der Waals surface area contributed by atoms with Crippen LogP contribution in [-0.4, -0.2) is 84.1 Å². The van der Waals surface area contributed by atoms with Crippen LogP contribution < -0.4 is 14.5 Å². The van der Waals surface area contributed by atoms with Crippen molar-refractivity contribution < 1.29 is 9.53 Å². The van der Waals surface area contributed by atoms with Crippen molar-refractivity contribution in [3.05, 3.63) is 65.9 Å². The van der Waals surface area contributed by atoms with Crippen molar-refractivity contribution >= 4 is 28.2 Å². The number of benzene rings is 2. The van der Waals surface area contributed by atoms with Gasteiger partial charge in [-0.3, -0.25) is 4.79 Å². The van der Waals surface area contributed by atoms with E-state index in [4.69, 9.17) is 14.7 Å². The fraction of sp³-hybridized carbons (Fsp3) is 0.486. The van der Waals surface area contributed by atoms with Crippen LogP contribution in [0.25, 0.3) is 10.8 Å². The number of aromatic nitrogens is 2. The van der Waals surface area contributed by atoms with Crippen molar-refractivity contribution in [3.8, 4) is 12.1 Å². The molecule has 1 unspecified atom stereocenters. The molecule has 3 heterocycles. The fourth-order valence-electron chi connectivity index (χ4n) is 7.23. The first-order valence-electron chi connectivity index (χ1n) is 16.0. The first kappa shape index (κ1) is 29.9. The average Bonchev–Trinajstić information content (AvgIpc) is 3.59. The maximum Gasteiger partial charge on any atom is 0.318 e. The molecule has 2 fully saturated rings. The molecule has 3 aliphatic rings. The van der Waals surface area contributed by atoms with Crippen molar-refractivity contribution in [2.75, 3.05) is 56.2 Å². The Balaban J connectivity index is 1.30. The lowest BCUT2D eigenvalue weighted by molar-refractivity contribution is -0.128. The molecule has 44 heavy (non-hydrogen) atoms. The lowest BCUT2D eigenvalue weighted by Gasteiger charge is -2.42. The molecule has 3 aromatic rings. The molecular weight excluding hydrogens is 550 g/mol. The normalized spacial score (nSPS) is 18.9. The predicted octanol–water partition coefficient (Wildman–Crippen LogP) is 4.87. The third-order valence-electron chi connectivity index (χ3n) is 9.64. The lowest BCUT2D eigenvalue weighted by Crippen LogP contribution is -2.55. The molecule has 0 N–H and O–H groups in total. The number of anilines is 2. The van der Waals surface area contributed by atoms with Gasteiger partial charge < -0.3 is 24.3 Å². The van der Waals surface area contributed by atoms with Crippen LogP contribution in [0.5, 0.6) is 6.01 Å². The second-order valence-corrected chi connectivity index (χ2v) is 12.3. The number of fused-ring (bicyclic) bond motifs is 2. The summed E-state index contributed by atoms with van der Waals surface area (Å²) >= 11 is 0. The molecule has 1 saturated carbocycles. The van der Waals surface area contributed by atoms with Crippen molar-refractivity contribution in [2.24, 2.45) is 0 Å². The van der Waals surface area contributed by atoms with Crippen molar-refractivity contribution in [2.45, 2.75) is 64.1 Å². The van der Waals surface area contributed by atoms with E-state index >= 15 is 0 Å². The topological polar surface area (TPSA) is 88.8 Å². The Morgan fingerprint density at radius 3 is 2.70 bits per heavy atom. The zero-order chi connectivity index (χ0) is 30.6. The van der Waals surface area contributed by atoms with Gasteiger partial charge in [0.2, 0.25) is 5.91 Å². The smallest absolute Gasteiger partial charge is 0.318 e. The molecule has 1 amide bonds. The van der Waals surface area contributed by atoms with Crippen LogP contribution in [0.4, 0.5) is 11.5 Å². The third-order valence-corrected chi connectivity index (χ3v) is 9.64. The van der Waals surface area contributed by atoms with E-state index in [9.17, 15) is 10.1 Å². The summed E-state index contributed by atoms with van der Waals surface area (Å²) in [7, 11) is 2.18. The van der Waals surface area contributed by atoms with E-state index in [-0.39, 0.29) is 18.4 Å². The molecule has 1 saturated heterocycles. The van der Waals surface area contributed by atoms with Crippen LogP contribution in [-0.2, 0) is 17.8 Å². The third kappa shape index (κ3) is 6.09. The minimum atomic E-state index is -0.229. The summed E-state index contributed by atoms with van der Waals surface area (Å²) in [5.41, 5.74) is 4.59. The zero-order valence-electron chi connectivity index (χ0n) is 26.0. The molecule has 0 radical (unpaired) electrons. The zero-order valence-corrected chi connectivity index (χ0v) is 26.0. The van der Waals surface area contributed by atoms with Crippen LogP contribution in [0.15, 0.2) is 49.1 Å². The number of ether oxygens (including phenoxy) is 1. The molecule has 0 bridgehead atoms. The summed E-state index contributed by atoms with van der Waals surface area (Å²) in [5, 5.41) is 12.1. The molecule has 0 spiro atoms. The summed E-state index contributed by atoms with van der Waals surface area (Å²) in [5.74, 6) is 0.739. The Morgan fingerprint density at radius 1 is 1.14 bits per heavy atom. The number of nitriles is 1. The number of hydrogen-bond donors (Lipinski definition) is 0. The van der Waals surface area contributed by atoms with Gasteiger partial charge in [-0.25, -0.2) is 0 Å². The number of piperazine rings is 1. The van der Waals surface area contributed by atoms with Gasteiger partial charge in [0.1, 0.15) is 12.4 Å². The highest BCUT2D eigenvalue weighted by atomic mass is 16.5. The largest absolute Gasteiger partial charge is 0.462 e. The van der Waals surface area contributed by atoms with Crippen LogP contribution in [0.1, 0.15) is 48.9 Å². The summed E-state index contributed by atoms with van der Waals surface area (Å²) in [6.07, 6.45) is 7.51. The quantitative estimate of drug-likeness (QED) is 0.325. The Bertz CT molecular complexity index is 1560. The van der Waals surface area contributed by atoms with Gasteiger partial charge in [0.25, 0.3) is 0 Å². The van der Waals surface area contributed by atoms with E-state index in [1.54, 1.807) is 4.90 Å². The van der Waals surface area contributed by atoms with Gasteiger partial charge >= 0.3 is 6.01 Å². The number of hydrogen-bond acceptors (Lipinski definition) is 8. The van der Waals surface area contributed by atoms with Gasteiger partial charge in [0, 0.05) is 55.4 Å². The van der Waals surface area contributed by atoms with Gasteiger partial charge in [-0.1, -0.05) is 49.8 Å². The van der Waals surface area contributed by atoms with E-state index in [2.05, 4.69) is 77.7 Å². The molecule has 6 rings (SSSR count). The molecule has 230 valence electrons. The van der Waals surface area contributed by atoms with E-state index in [0.29, 0.717) is 44.8 Å². The monoisotopic (exact) mass is 593 g/mol. The van der Waals surface area contributed by atoms with E-state index < -0.39 is 0 Å². The van der Waals surface area contributed by atoms with E-state index in [0.717, 1.165) is 36.6 Å². The minimum Gasteiger partial charge on any atom is -0.462 e. The highest BCUT2D eigenvalue weighted by Gasteiger charge is 2.33. The van der Waals surface area contributed by atoms with Crippen LogP contribution in [0, 0.1) is 18.3 Å². The van der Waals surface area contributed by atoms with Crippen molar-refractivity contribution in [1.82, 2.24) is 19.8 Å². The number of likely N-dealkylation sites (N-methyl/N-ethyl adjacent to an activating group) is 1. The minimum absolute atomic E-state index is 0.133. The second kappa shape index (κ2) is 13.2. The first-order valence-corrected chi connectivity index (χ1v) is 16.0. The van der Waals surface area contributed by atoms with E-state index in [1.165, 1.54) is 53.8 Å². The lowest BCUT2D eigenvalue weighted by atomic mass is 9.99. The van der Waals surface area contributed by atoms with Gasteiger partial charge in [-0.05, 0) is 56.3 Å². The number of nitrogens with zero attached hydrogens (tertiary/aromatic N) is 7. The van der Waals surface area contributed by atoms with Crippen LogP contribution in [0.2, 0.25) is 0 Å². The van der Waals surface area contributed by atoms with Gasteiger partial charge in [-0.15, -0.1) is 0 Å². The maximum absolute atomic E-state index is 12.6. The highest BCUT2D eigenvalue weighted by molar-refractivity contribution is 5.97. The SMILES string of the molecule is C=CC(=O)N1CCN(c2nc(OCCN(C)C3CCCC3)nc3c2CCN(c2cccc4cccc(C)c24)C3)CC1CC#N. The predicted molar refractivity (Wildman–Crippen MR) is 174 cm³/mol. The molecule has 9 nitrogen and oxygen atoms in total. The van der Waals surface area contributed by atoms with Gasteiger partial charge in [0.15, 0.2) is 0 Å². The Labute approximate surface area is 260 Å². The first-order chi connectivity index (χ1) is 21.5. The van der Waals surface area contributed by atoms with Crippen molar-refractivity contribution in [1.29, 1.82) is 5.26 Å². The average molecular weight is 594 g/mol. The summed E-state index contributed by atoms with van der Waals surface area (Å²) in [6.45, 7) is 10.4. The highest BCUT2D eigenvalue weighted by Crippen LogP contribution is 2.36. The summed E-state index contributed by atoms with van der Waals surface area (Å²) in [6, 6.07) is 16.0. The summed E-state index contributed by atoms with van der Waals surface area (Å²) < 4.78 is 6.28. The molecule has 2 aliphatic heterocycles. The molecule has 1 aromatic heterocycles. The maximum atomic E-state index is 12.6. The number of amides is 1. The Kier molecular flexibility index (Phi) is 8.99. The Morgan fingerprint density at radius 2 is 1.93 bits per heavy atom. The van der Waals surface area contributed by atoms with Crippen molar-refractivity contribution in [3.63, 3.8) is 0 Å². The second-order valence-electron chi connectivity index (χ2n) is 12.3. The molecule has 9 heteroatoms. The number of aryl methyl sites for hydroxylation is 1. The number of carbonyl (C=O) groups excluding carboxylic acids is 1. The standard InChI is InChI=1S/C35H43N7O2/c1-4-32(43)42-20-19-41(23-28(42)15-17-36)34-29-16-18-40(31-14-8-11-26-10-7-9-25(2)33(26)31)24-30(29)37-35(38-34)44-22-21-39(3)27-12-5-6-13-27/h4,7-11,14,27-28H,1,5-6,12-13,15-16,18-24H2,2-3H3. The van der Waals surface area contributed by atoms with Gasteiger partial charge in [0.05, 0.1) is 30.8 Å². The van der Waals surface area contributed by atoms with E-state index in [1.807, 2.05) is 0 Å². The molecule has 2 aromatic carbocycles. The molecule has 1 atom stereocenters. The number of rotatable bonds is 9. The summed E-state index contributed by atoms with van der Waals surface area (Å²) in [4.78, 5) is 31.4. The van der Waals surface area contributed by atoms with Crippen LogP contribution in [0.3, 0.4) is 0 Å².